The lowest BCUT2D eigenvalue weighted by molar-refractivity contribution is 0.0854. The number of ketones is 1. The van der Waals surface area contributed by atoms with Crippen LogP contribution in [0.5, 0.6) is 11.5 Å². The SMILES string of the molecule is COc1cc(Br)c(C(=O)C[C@H]2CCCCN2Cc2ccccc2)cc1OC. The fourth-order valence-electron chi connectivity index (χ4n) is 3.71. The number of carbonyl (C=O) groups excluding carboxylic acids is 1. The highest BCUT2D eigenvalue weighted by molar-refractivity contribution is 9.10. The molecule has 27 heavy (non-hydrogen) atoms. The Morgan fingerprint density at radius 2 is 1.81 bits per heavy atom. The van der Waals surface area contributed by atoms with Crippen molar-refractivity contribution in [3.05, 3.63) is 58.1 Å². The topological polar surface area (TPSA) is 38.8 Å². The summed E-state index contributed by atoms with van der Waals surface area (Å²) >= 11 is 3.52. The Hall–Kier alpha value is -1.85. The van der Waals surface area contributed by atoms with Gasteiger partial charge < -0.3 is 9.47 Å². The van der Waals surface area contributed by atoms with E-state index in [1.807, 2.05) is 6.07 Å². The molecule has 1 fully saturated rings. The van der Waals surface area contributed by atoms with Crippen molar-refractivity contribution in [2.75, 3.05) is 20.8 Å². The molecule has 0 saturated carbocycles. The Kier molecular flexibility index (Phi) is 6.91. The number of piperidine rings is 1. The third-order valence-electron chi connectivity index (χ3n) is 5.17. The van der Waals surface area contributed by atoms with E-state index >= 15 is 0 Å². The van der Waals surface area contributed by atoms with Gasteiger partial charge in [0, 0.05) is 29.0 Å². The van der Waals surface area contributed by atoms with Crippen molar-refractivity contribution < 1.29 is 14.3 Å². The predicted octanol–water partition coefficient (Wildman–Crippen LogP) is 5.09. The van der Waals surface area contributed by atoms with Crippen LogP contribution in [0, 0.1) is 0 Å². The number of nitrogens with zero attached hydrogens (tertiary/aromatic N) is 1. The van der Waals surface area contributed by atoms with Gasteiger partial charge in [0.2, 0.25) is 0 Å². The average Bonchev–Trinajstić information content (AvgIpc) is 2.70. The number of carbonyl (C=O) groups is 1. The molecule has 3 rings (SSSR count). The van der Waals surface area contributed by atoms with Gasteiger partial charge in [0.1, 0.15) is 0 Å². The van der Waals surface area contributed by atoms with Gasteiger partial charge >= 0.3 is 0 Å². The van der Waals surface area contributed by atoms with Crippen molar-refractivity contribution in [1.29, 1.82) is 0 Å². The minimum Gasteiger partial charge on any atom is -0.493 e. The van der Waals surface area contributed by atoms with Gasteiger partial charge in [0.25, 0.3) is 0 Å². The Bertz CT molecular complexity index is 779. The summed E-state index contributed by atoms with van der Waals surface area (Å²) in [6.45, 7) is 1.94. The molecule has 144 valence electrons. The molecule has 0 unspecified atom stereocenters. The zero-order chi connectivity index (χ0) is 19.2. The molecule has 0 radical (unpaired) electrons. The molecule has 0 spiro atoms. The molecule has 2 aromatic rings. The largest absolute Gasteiger partial charge is 0.493 e. The van der Waals surface area contributed by atoms with E-state index in [-0.39, 0.29) is 11.8 Å². The molecule has 0 N–H and O–H groups in total. The van der Waals surface area contributed by atoms with Crippen LogP contribution >= 0.6 is 15.9 Å². The number of Topliss-reactive ketones (excluding diaryl/α,β-unsaturated/α-hetero) is 1. The summed E-state index contributed by atoms with van der Waals surface area (Å²) < 4.78 is 11.4. The van der Waals surface area contributed by atoms with Gasteiger partial charge in [-0.15, -0.1) is 0 Å². The summed E-state index contributed by atoms with van der Waals surface area (Å²) in [5.41, 5.74) is 1.95. The standard InChI is InChI=1S/C22H26BrNO3/c1-26-21-13-18(19(23)14-22(21)27-2)20(25)12-17-10-6-7-11-24(17)15-16-8-4-3-5-9-16/h3-5,8-9,13-14,17H,6-7,10-12,15H2,1-2H3/t17-/m1/s1. The average molecular weight is 432 g/mol. The molecule has 0 bridgehead atoms. The van der Waals surface area contributed by atoms with Gasteiger partial charge in [0.15, 0.2) is 17.3 Å². The number of hydrogen-bond acceptors (Lipinski definition) is 4. The van der Waals surface area contributed by atoms with Crippen molar-refractivity contribution in [2.24, 2.45) is 0 Å². The van der Waals surface area contributed by atoms with Crippen LogP contribution < -0.4 is 9.47 Å². The third-order valence-corrected chi connectivity index (χ3v) is 5.83. The maximum atomic E-state index is 13.0. The Balaban J connectivity index is 1.75. The van der Waals surface area contributed by atoms with Crippen molar-refractivity contribution in [1.82, 2.24) is 4.90 Å². The minimum atomic E-state index is 0.132. The zero-order valence-corrected chi connectivity index (χ0v) is 17.5. The van der Waals surface area contributed by atoms with Crippen LogP contribution in [0.4, 0.5) is 0 Å². The normalized spacial score (nSPS) is 17.5. The first-order valence-electron chi connectivity index (χ1n) is 9.35. The number of benzene rings is 2. The van der Waals surface area contributed by atoms with Crippen molar-refractivity contribution in [3.63, 3.8) is 0 Å². The maximum Gasteiger partial charge on any atom is 0.165 e. The lowest BCUT2D eigenvalue weighted by atomic mass is 9.94. The summed E-state index contributed by atoms with van der Waals surface area (Å²) in [7, 11) is 3.18. The molecular formula is C22H26BrNO3. The predicted molar refractivity (Wildman–Crippen MR) is 111 cm³/mol. The van der Waals surface area contributed by atoms with Crippen LogP contribution in [0.3, 0.4) is 0 Å². The minimum absolute atomic E-state index is 0.132. The molecule has 4 nitrogen and oxygen atoms in total. The highest BCUT2D eigenvalue weighted by Gasteiger charge is 2.26. The van der Waals surface area contributed by atoms with Gasteiger partial charge in [-0.25, -0.2) is 0 Å². The third kappa shape index (κ3) is 4.90. The van der Waals surface area contributed by atoms with Crippen LogP contribution in [-0.2, 0) is 6.54 Å². The maximum absolute atomic E-state index is 13.0. The van der Waals surface area contributed by atoms with E-state index in [1.54, 1.807) is 26.4 Å². The first-order chi connectivity index (χ1) is 13.1. The molecule has 0 aromatic heterocycles. The molecule has 5 heteroatoms. The van der Waals surface area contributed by atoms with Gasteiger partial charge in [0.05, 0.1) is 14.2 Å². The number of rotatable bonds is 7. The van der Waals surface area contributed by atoms with E-state index in [9.17, 15) is 4.79 Å². The lowest BCUT2D eigenvalue weighted by Gasteiger charge is -2.35. The number of halogens is 1. The van der Waals surface area contributed by atoms with Gasteiger partial charge in [-0.3, -0.25) is 9.69 Å². The van der Waals surface area contributed by atoms with Crippen LogP contribution in [0.15, 0.2) is 46.9 Å². The number of hydrogen-bond donors (Lipinski definition) is 0. The molecule has 0 amide bonds. The Morgan fingerprint density at radius 1 is 1.11 bits per heavy atom. The van der Waals surface area contributed by atoms with E-state index in [2.05, 4.69) is 45.1 Å². The molecular weight excluding hydrogens is 406 g/mol. The monoisotopic (exact) mass is 431 g/mol. The second kappa shape index (κ2) is 9.38. The van der Waals surface area contributed by atoms with Crippen LogP contribution in [0.1, 0.15) is 41.6 Å². The highest BCUT2D eigenvalue weighted by atomic mass is 79.9. The number of ether oxygens (including phenoxy) is 2. The molecule has 0 aliphatic carbocycles. The first-order valence-corrected chi connectivity index (χ1v) is 10.1. The van der Waals surface area contributed by atoms with Crippen molar-refractivity contribution >= 4 is 21.7 Å². The van der Waals surface area contributed by atoms with Gasteiger partial charge in [-0.1, -0.05) is 36.8 Å². The van der Waals surface area contributed by atoms with E-state index < -0.39 is 0 Å². The van der Waals surface area contributed by atoms with E-state index in [4.69, 9.17) is 9.47 Å². The Labute approximate surface area is 169 Å². The summed E-state index contributed by atoms with van der Waals surface area (Å²) in [5.74, 6) is 1.32. The zero-order valence-electron chi connectivity index (χ0n) is 15.9. The first kappa shape index (κ1) is 19.9. The molecule has 1 aliphatic rings. The molecule has 1 heterocycles. The summed E-state index contributed by atoms with van der Waals surface area (Å²) in [5, 5.41) is 0. The smallest absolute Gasteiger partial charge is 0.165 e. The van der Waals surface area contributed by atoms with E-state index in [0.717, 1.165) is 24.0 Å². The van der Waals surface area contributed by atoms with Crippen molar-refractivity contribution in [3.8, 4) is 11.5 Å². The van der Waals surface area contributed by atoms with Crippen LogP contribution in [-0.4, -0.2) is 37.5 Å². The summed E-state index contributed by atoms with van der Waals surface area (Å²) in [6.07, 6.45) is 3.94. The van der Waals surface area contributed by atoms with Crippen LogP contribution in [0.2, 0.25) is 0 Å². The van der Waals surface area contributed by atoms with Crippen molar-refractivity contribution in [2.45, 2.75) is 38.3 Å². The molecule has 1 atom stereocenters. The van der Waals surface area contributed by atoms with Gasteiger partial charge in [-0.05, 0) is 53.0 Å². The number of methoxy groups -OCH3 is 2. The lowest BCUT2D eigenvalue weighted by Crippen LogP contribution is -2.40. The second-order valence-corrected chi connectivity index (χ2v) is 7.77. The summed E-state index contributed by atoms with van der Waals surface area (Å²) in [4.78, 5) is 15.5. The highest BCUT2D eigenvalue weighted by Crippen LogP contribution is 2.34. The van der Waals surface area contributed by atoms with Gasteiger partial charge in [-0.2, -0.15) is 0 Å². The fourth-order valence-corrected chi connectivity index (χ4v) is 4.25. The summed E-state index contributed by atoms with van der Waals surface area (Å²) in [6, 6.07) is 14.3. The number of likely N-dealkylation sites (tertiary alicyclic amines) is 1. The molecule has 1 aliphatic heterocycles. The molecule has 1 saturated heterocycles. The van der Waals surface area contributed by atoms with E-state index in [0.29, 0.717) is 23.5 Å². The second-order valence-electron chi connectivity index (χ2n) is 6.92. The molecule has 2 aromatic carbocycles. The van der Waals surface area contributed by atoms with E-state index in [1.165, 1.54) is 18.4 Å². The Morgan fingerprint density at radius 3 is 2.52 bits per heavy atom. The quantitative estimate of drug-likeness (QED) is 0.571. The fraction of sp³-hybridized carbons (Fsp3) is 0.409. The van der Waals surface area contributed by atoms with Crippen LogP contribution in [0.25, 0.3) is 0 Å².